The van der Waals surface area contributed by atoms with Crippen LogP contribution in [0.4, 0.5) is 4.39 Å². The molecule has 1 heterocycles. The van der Waals surface area contributed by atoms with Crippen LogP contribution in [0, 0.1) is 5.82 Å². The third kappa shape index (κ3) is 3.65. The van der Waals surface area contributed by atoms with E-state index >= 15 is 0 Å². The van der Waals surface area contributed by atoms with Gasteiger partial charge in [0.05, 0.1) is 13.7 Å². The number of carbonyl (C=O) groups excluding carboxylic acids is 1. The summed E-state index contributed by atoms with van der Waals surface area (Å²) in [5.41, 5.74) is 1.37. The number of halogens is 1. The maximum absolute atomic E-state index is 14.2. The summed E-state index contributed by atoms with van der Waals surface area (Å²) >= 11 is 1.21. The molecule has 0 amide bonds. The number of carbonyl (C=O) groups is 1. The van der Waals surface area contributed by atoms with E-state index in [1.807, 2.05) is 12.1 Å². The van der Waals surface area contributed by atoms with Gasteiger partial charge >= 0.3 is 5.97 Å². The second kappa shape index (κ2) is 7.63. The Labute approximate surface area is 148 Å². The van der Waals surface area contributed by atoms with Crippen molar-refractivity contribution in [2.24, 2.45) is 0 Å². The van der Waals surface area contributed by atoms with Gasteiger partial charge in [0.1, 0.15) is 23.1 Å². The van der Waals surface area contributed by atoms with Gasteiger partial charge in [-0.3, -0.25) is 0 Å². The third-order valence-corrected chi connectivity index (χ3v) is 4.94. The number of fused-ring (bicyclic) bond motifs is 1. The topological polar surface area (TPSA) is 44.8 Å². The highest BCUT2D eigenvalue weighted by Gasteiger charge is 2.21. The highest BCUT2D eigenvalue weighted by Crippen LogP contribution is 2.34. The number of esters is 1. The summed E-state index contributed by atoms with van der Waals surface area (Å²) in [5.74, 6) is -0.115. The Balaban J connectivity index is 1.83. The first-order chi connectivity index (χ1) is 12.1. The van der Waals surface area contributed by atoms with E-state index in [0.717, 1.165) is 11.3 Å². The molecule has 0 N–H and O–H groups in total. The summed E-state index contributed by atoms with van der Waals surface area (Å²) in [5, 5.41) is 0.422. The first-order valence-corrected chi connectivity index (χ1v) is 8.44. The Morgan fingerprint density at radius 2 is 1.84 bits per heavy atom. The summed E-state index contributed by atoms with van der Waals surface area (Å²) in [6.45, 7) is 0.278. The molecule has 0 radical (unpaired) electrons. The van der Waals surface area contributed by atoms with E-state index in [1.54, 1.807) is 31.4 Å². The molecule has 0 aliphatic rings. The van der Waals surface area contributed by atoms with Crippen molar-refractivity contribution in [3.63, 3.8) is 0 Å². The molecule has 0 saturated carbocycles. The summed E-state index contributed by atoms with van der Waals surface area (Å²) < 4.78 is 30.5. The van der Waals surface area contributed by atoms with Crippen molar-refractivity contribution in [1.82, 2.24) is 0 Å². The van der Waals surface area contributed by atoms with E-state index in [0.29, 0.717) is 20.5 Å². The number of hydrogen-bond donors (Lipinski definition) is 0. The van der Waals surface area contributed by atoms with Crippen LogP contribution < -0.4 is 4.74 Å². The number of thiophene rings is 1. The lowest BCUT2D eigenvalue weighted by Crippen LogP contribution is -2.06. The van der Waals surface area contributed by atoms with Crippen LogP contribution in [0.2, 0.25) is 0 Å². The molecule has 0 aliphatic carbocycles. The lowest BCUT2D eigenvalue weighted by molar-refractivity contribution is 0.0474. The van der Waals surface area contributed by atoms with Crippen molar-refractivity contribution in [3.05, 3.63) is 64.3 Å². The molecule has 0 spiro atoms. The summed E-state index contributed by atoms with van der Waals surface area (Å²) in [7, 11) is 3.10. The molecule has 0 bridgehead atoms. The molecule has 25 heavy (non-hydrogen) atoms. The number of rotatable bonds is 6. The minimum absolute atomic E-state index is 0.131. The lowest BCUT2D eigenvalue weighted by atomic mass is 10.1. The van der Waals surface area contributed by atoms with Gasteiger partial charge in [-0.1, -0.05) is 18.2 Å². The fourth-order valence-corrected chi connectivity index (χ4v) is 3.67. The molecule has 3 aromatic rings. The van der Waals surface area contributed by atoms with Crippen LogP contribution in [0.15, 0.2) is 42.5 Å². The van der Waals surface area contributed by atoms with E-state index in [2.05, 4.69) is 0 Å². The van der Waals surface area contributed by atoms with Gasteiger partial charge in [-0.2, -0.15) is 0 Å². The normalized spacial score (nSPS) is 10.8. The Bertz CT molecular complexity index is 886. The standard InChI is InChI=1S/C19H17FO4S/c1-22-11-14-17-15(20)4-3-5-16(17)25-18(14)19(21)24-10-12-6-8-13(23-2)9-7-12/h3-9H,10-11H2,1-2H3. The van der Waals surface area contributed by atoms with Crippen molar-refractivity contribution in [3.8, 4) is 5.75 Å². The first kappa shape index (κ1) is 17.4. The third-order valence-electron chi connectivity index (χ3n) is 3.77. The molecule has 1 aromatic heterocycles. The molecule has 130 valence electrons. The summed E-state index contributed by atoms with van der Waals surface area (Å²) in [6, 6.07) is 12.0. The number of methoxy groups -OCH3 is 2. The zero-order chi connectivity index (χ0) is 17.8. The lowest BCUT2D eigenvalue weighted by Gasteiger charge is -2.07. The first-order valence-electron chi connectivity index (χ1n) is 7.63. The average molecular weight is 360 g/mol. The Hall–Kier alpha value is -2.44. The zero-order valence-corrected chi connectivity index (χ0v) is 14.7. The zero-order valence-electron chi connectivity index (χ0n) is 13.9. The molecule has 3 rings (SSSR count). The summed E-state index contributed by atoms with van der Waals surface area (Å²) in [6.07, 6.45) is 0. The van der Waals surface area contributed by atoms with E-state index in [1.165, 1.54) is 24.5 Å². The van der Waals surface area contributed by atoms with Crippen molar-refractivity contribution in [1.29, 1.82) is 0 Å². The molecule has 0 fully saturated rings. The Morgan fingerprint density at radius 1 is 1.08 bits per heavy atom. The van der Waals surface area contributed by atoms with Crippen LogP contribution in [-0.4, -0.2) is 20.2 Å². The fourth-order valence-electron chi connectivity index (χ4n) is 2.55. The van der Waals surface area contributed by atoms with Crippen LogP contribution in [0.25, 0.3) is 10.1 Å². The molecule has 2 aromatic carbocycles. The number of hydrogen-bond acceptors (Lipinski definition) is 5. The average Bonchev–Trinajstić information content (AvgIpc) is 3.00. The monoisotopic (exact) mass is 360 g/mol. The summed E-state index contributed by atoms with van der Waals surface area (Å²) in [4.78, 5) is 12.9. The fraction of sp³-hybridized carbons (Fsp3) is 0.211. The van der Waals surface area contributed by atoms with Gasteiger partial charge in [-0.15, -0.1) is 11.3 Å². The minimum Gasteiger partial charge on any atom is -0.497 e. The molecular formula is C19H17FO4S. The van der Waals surface area contributed by atoms with Gasteiger partial charge in [0.15, 0.2) is 0 Å². The predicted molar refractivity (Wildman–Crippen MR) is 94.6 cm³/mol. The molecule has 0 aliphatic heterocycles. The second-order valence-corrected chi connectivity index (χ2v) is 6.43. The number of benzene rings is 2. The van der Waals surface area contributed by atoms with Crippen molar-refractivity contribution in [2.75, 3.05) is 14.2 Å². The molecule has 0 saturated heterocycles. The van der Waals surface area contributed by atoms with Gasteiger partial charge in [-0.05, 0) is 29.8 Å². The smallest absolute Gasteiger partial charge is 0.349 e. The molecule has 4 nitrogen and oxygen atoms in total. The van der Waals surface area contributed by atoms with Gasteiger partial charge < -0.3 is 14.2 Å². The quantitative estimate of drug-likeness (QED) is 0.605. The number of ether oxygens (including phenoxy) is 3. The van der Waals surface area contributed by atoms with E-state index in [-0.39, 0.29) is 19.0 Å². The van der Waals surface area contributed by atoms with Crippen LogP contribution in [-0.2, 0) is 22.7 Å². The molecular weight excluding hydrogens is 343 g/mol. The van der Waals surface area contributed by atoms with Crippen LogP contribution >= 0.6 is 11.3 Å². The van der Waals surface area contributed by atoms with Crippen LogP contribution in [0.1, 0.15) is 20.8 Å². The largest absolute Gasteiger partial charge is 0.497 e. The van der Waals surface area contributed by atoms with Crippen molar-refractivity contribution in [2.45, 2.75) is 13.2 Å². The SMILES string of the molecule is COCc1c(C(=O)OCc2ccc(OC)cc2)sc2cccc(F)c12. The highest BCUT2D eigenvalue weighted by molar-refractivity contribution is 7.21. The minimum atomic E-state index is -0.483. The van der Waals surface area contributed by atoms with Gasteiger partial charge in [-0.25, -0.2) is 9.18 Å². The highest BCUT2D eigenvalue weighted by atomic mass is 32.1. The Morgan fingerprint density at radius 3 is 2.52 bits per heavy atom. The maximum Gasteiger partial charge on any atom is 0.349 e. The van der Waals surface area contributed by atoms with Crippen LogP contribution in [0.5, 0.6) is 5.75 Å². The van der Waals surface area contributed by atoms with Crippen LogP contribution in [0.3, 0.4) is 0 Å². The van der Waals surface area contributed by atoms with Gasteiger partial charge in [0.25, 0.3) is 0 Å². The van der Waals surface area contributed by atoms with Gasteiger partial charge in [0.2, 0.25) is 0 Å². The molecule has 0 atom stereocenters. The van der Waals surface area contributed by atoms with E-state index in [4.69, 9.17) is 14.2 Å². The van der Waals surface area contributed by atoms with Crippen molar-refractivity contribution >= 4 is 27.4 Å². The predicted octanol–water partition coefficient (Wildman–Crippen LogP) is 4.55. The van der Waals surface area contributed by atoms with Gasteiger partial charge in [0, 0.05) is 22.8 Å². The Kier molecular flexibility index (Phi) is 5.31. The maximum atomic E-state index is 14.2. The van der Waals surface area contributed by atoms with E-state index < -0.39 is 5.97 Å². The van der Waals surface area contributed by atoms with E-state index in [9.17, 15) is 9.18 Å². The molecule has 6 heteroatoms. The second-order valence-electron chi connectivity index (χ2n) is 5.38. The molecule has 0 unspecified atom stereocenters. The van der Waals surface area contributed by atoms with Crippen molar-refractivity contribution < 1.29 is 23.4 Å².